The Hall–Kier alpha value is -2.08. The molecule has 4 unspecified atom stereocenters. The number of aliphatic hydroxyl groups is 2. The highest BCUT2D eigenvalue weighted by Crippen LogP contribution is 2.64. The van der Waals surface area contributed by atoms with Crippen LogP contribution in [0.15, 0.2) is 30.4 Å². The summed E-state index contributed by atoms with van der Waals surface area (Å²) in [6.07, 6.45) is 12.7. The van der Waals surface area contributed by atoms with Crippen LogP contribution in [-0.4, -0.2) is 73.7 Å². The van der Waals surface area contributed by atoms with Gasteiger partial charge in [0.2, 0.25) is 0 Å². The Kier molecular flexibility index (Phi) is 6.70. The molecule has 6 atom stereocenters. The van der Waals surface area contributed by atoms with E-state index in [1.54, 1.807) is 14.2 Å². The Morgan fingerprint density at radius 3 is 2.61 bits per heavy atom. The van der Waals surface area contributed by atoms with Gasteiger partial charge in [0.1, 0.15) is 11.9 Å². The van der Waals surface area contributed by atoms with Crippen molar-refractivity contribution >= 4 is 5.69 Å². The van der Waals surface area contributed by atoms with E-state index in [1.807, 2.05) is 13.1 Å². The molecule has 3 aliphatic heterocycles. The first-order chi connectivity index (χ1) is 14.9. The van der Waals surface area contributed by atoms with E-state index in [2.05, 4.69) is 65.1 Å². The van der Waals surface area contributed by atoms with E-state index >= 15 is 0 Å². The van der Waals surface area contributed by atoms with Gasteiger partial charge in [-0.2, -0.15) is 0 Å². The van der Waals surface area contributed by atoms with Crippen molar-refractivity contribution in [3.8, 4) is 18.6 Å². The van der Waals surface area contributed by atoms with Crippen molar-refractivity contribution in [2.24, 2.45) is 11.3 Å². The number of benzene rings is 1. The SMILES string of the molecule is C#C.CC[C@]12C=CCN3CC[C@@]4(c5ccc(OC)cc5N(C)C4C(O)C1O)C32.CNN. The minimum absolute atomic E-state index is 0.110. The highest BCUT2D eigenvalue weighted by Gasteiger charge is 2.72. The fraction of sp³-hybridized carbons (Fsp3) is 0.583. The molecule has 31 heavy (non-hydrogen) atoms. The number of fused-ring (bicyclic) bond motifs is 1. The molecule has 0 aromatic heterocycles. The monoisotopic (exact) mass is 428 g/mol. The summed E-state index contributed by atoms with van der Waals surface area (Å²) in [6.45, 7) is 4.08. The Labute approximate surface area is 185 Å². The fourth-order valence-electron chi connectivity index (χ4n) is 6.81. The summed E-state index contributed by atoms with van der Waals surface area (Å²) < 4.78 is 5.45. The van der Waals surface area contributed by atoms with E-state index in [1.165, 1.54) is 5.56 Å². The van der Waals surface area contributed by atoms with Crippen molar-refractivity contribution < 1.29 is 14.9 Å². The molecule has 5 rings (SSSR count). The summed E-state index contributed by atoms with van der Waals surface area (Å²) in [5.74, 6) is 5.43. The highest BCUT2D eigenvalue weighted by molar-refractivity contribution is 5.69. The van der Waals surface area contributed by atoms with Crippen molar-refractivity contribution in [1.82, 2.24) is 10.3 Å². The lowest BCUT2D eigenvalue weighted by molar-refractivity contribution is -0.139. The zero-order valence-corrected chi connectivity index (χ0v) is 19.0. The maximum Gasteiger partial charge on any atom is 0.120 e. The van der Waals surface area contributed by atoms with E-state index in [0.717, 1.165) is 37.4 Å². The minimum atomic E-state index is -0.780. The fourth-order valence-corrected chi connectivity index (χ4v) is 6.81. The molecule has 7 nitrogen and oxygen atoms in total. The number of hydrogen-bond donors (Lipinski definition) is 4. The highest BCUT2D eigenvalue weighted by atomic mass is 16.5. The van der Waals surface area contributed by atoms with Crippen molar-refractivity contribution in [3.63, 3.8) is 0 Å². The van der Waals surface area contributed by atoms with Gasteiger partial charge < -0.3 is 19.8 Å². The lowest BCUT2D eigenvalue weighted by atomic mass is 9.51. The van der Waals surface area contributed by atoms with Gasteiger partial charge in [-0.05, 0) is 38.1 Å². The third-order valence-corrected chi connectivity index (χ3v) is 7.78. The molecular formula is C24H36N4O3. The molecule has 1 saturated carbocycles. The summed E-state index contributed by atoms with van der Waals surface area (Å²) in [5.41, 5.74) is 4.13. The van der Waals surface area contributed by atoms with E-state index in [-0.39, 0.29) is 17.5 Å². The molecule has 0 radical (unpaired) electrons. The Bertz CT molecular complexity index is 843. The number of aliphatic hydroxyl groups excluding tert-OH is 2. The molecule has 1 saturated heterocycles. The lowest BCUT2D eigenvalue weighted by Gasteiger charge is -2.60. The molecule has 2 fully saturated rings. The zero-order chi connectivity index (χ0) is 23.0. The second kappa shape index (κ2) is 8.81. The Morgan fingerprint density at radius 1 is 1.32 bits per heavy atom. The molecule has 1 spiro atoms. The predicted molar refractivity (Wildman–Crippen MR) is 124 cm³/mol. The van der Waals surface area contributed by atoms with Crippen LogP contribution in [0.4, 0.5) is 5.69 Å². The maximum absolute atomic E-state index is 11.3. The molecule has 170 valence electrons. The van der Waals surface area contributed by atoms with Gasteiger partial charge in [-0.3, -0.25) is 16.2 Å². The molecule has 1 aliphatic carbocycles. The van der Waals surface area contributed by atoms with Crippen LogP contribution in [0.5, 0.6) is 5.75 Å². The second-order valence-corrected chi connectivity index (χ2v) is 8.72. The molecule has 4 aliphatic rings. The van der Waals surface area contributed by atoms with Crippen LogP contribution in [0.2, 0.25) is 0 Å². The first kappa shape index (κ1) is 23.6. The largest absolute Gasteiger partial charge is 0.497 e. The number of nitrogens with one attached hydrogen (secondary N) is 1. The van der Waals surface area contributed by atoms with Gasteiger partial charge >= 0.3 is 0 Å². The van der Waals surface area contributed by atoms with Crippen LogP contribution in [0.3, 0.4) is 0 Å². The maximum atomic E-state index is 11.3. The molecular weight excluding hydrogens is 392 g/mol. The van der Waals surface area contributed by atoms with Gasteiger partial charge in [0.05, 0.1) is 19.3 Å². The van der Waals surface area contributed by atoms with Crippen molar-refractivity contribution in [2.75, 3.05) is 39.2 Å². The average molecular weight is 429 g/mol. The normalized spacial score (nSPS) is 36.9. The number of nitrogens with zero attached hydrogens (tertiary/aromatic N) is 2. The summed E-state index contributed by atoms with van der Waals surface area (Å²) in [5, 5.41) is 22.5. The van der Waals surface area contributed by atoms with E-state index in [9.17, 15) is 10.2 Å². The number of nitrogens with two attached hydrogens (primary N) is 1. The quantitative estimate of drug-likeness (QED) is 0.240. The second-order valence-electron chi connectivity index (χ2n) is 8.72. The number of ether oxygens (including phenoxy) is 1. The topological polar surface area (TPSA) is 94.2 Å². The molecule has 1 aromatic rings. The number of hydrogen-bond acceptors (Lipinski definition) is 7. The van der Waals surface area contributed by atoms with Crippen LogP contribution in [0, 0.1) is 18.3 Å². The predicted octanol–water partition coefficient (Wildman–Crippen LogP) is 0.856. The van der Waals surface area contributed by atoms with Gasteiger partial charge in [0.25, 0.3) is 0 Å². The van der Waals surface area contributed by atoms with E-state index in [0.29, 0.717) is 0 Å². The van der Waals surface area contributed by atoms with Crippen molar-refractivity contribution in [1.29, 1.82) is 0 Å². The third-order valence-electron chi connectivity index (χ3n) is 7.78. The van der Waals surface area contributed by atoms with E-state index < -0.39 is 17.6 Å². The summed E-state index contributed by atoms with van der Waals surface area (Å²) in [4.78, 5) is 4.71. The van der Waals surface area contributed by atoms with Gasteiger partial charge in [-0.1, -0.05) is 25.1 Å². The van der Waals surface area contributed by atoms with Gasteiger partial charge in [-0.25, -0.2) is 0 Å². The third kappa shape index (κ3) is 3.01. The van der Waals surface area contributed by atoms with Gasteiger partial charge in [-0.15, -0.1) is 12.8 Å². The Morgan fingerprint density at radius 2 is 2.00 bits per heavy atom. The van der Waals surface area contributed by atoms with Crippen LogP contribution < -0.4 is 20.9 Å². The molecule has 5 N–H and O–H groups in total. The van der Waals surface area contributed by atoms with Crippen molar-refractivity contribution in [2.45, 2.75) is 49.5 Å². The first-order valence-electron chi connectivity index (χ1n) is 10.8. The number of likely N-dealkylation sites (N-methyl/N-ethyl adjacent to an activating group) is 1. The number of rotatable bonds is 2. The molecule has 0 bridgehead atoms. The number of anilines is 1. The average Bonchev–Trinajstić information content (AvgIpc) is 3.31. The Balaban J connectivity index is 0.000000504. The van der Waals surface area contributed by atoms with Gasteiger partial charge in [0, 0.05) is 42.2 Å². The number of methoxy groups -OCH3 is 1. The molecule has 3 heterocycles. The lowest BCUT2D eigenvalue weighted by Crippen LogP contribution is -2.73. The summed E-state index contributed by atoms with van der Waals surface area (Å²) >= 11 is 0. The van der Waals surface area contributed by atoms with Crippen LogP contribution in [0.25, 0.3) is 0 Å². The minimum Gasteiger partial charge on any atom is -0.497 e. The van der Waals surface area contributed by atoms with E-state index in [4.69, 9.17) is 4.74 Å². The summed E-state index contributed by atoms with van der Waals surface area (Å²) in [6, 6.07) is 6.41. The van der Waals surface area contributed by atoms with Gasteiger partial charge in [0.15, 0.2) is 0 Å². The van der Waals surface area contributed by atoms with Crippen LogP contribution >= 0.6 is 0 Å². The number of hydrazine groups is 1. The van der Waals surface area contributed by atoms with Crippen molar-refractivity contribution in [3.05, 3.63) is 35.9 Å². The molecule has 1 aromatic carbocycles. The molecule has 0 amide bonds. The zero-order valence-electron chi connectivity index (χ0n) is 19.0. The smallest absolute Gasteiger partial charge is 0.120 e. The van der Waals surface area contributed by atoms with Crippen LogP contribution in [0.1, 0.15) is 25.3 Å². The standard InChI is InChI=1S/C21H28N2O3.C2H2.CH6N2/c1-4-20-8-5-10-23-11-9-21(19(20)23)14-7-6-13(26-3)12-15(14)22(2)17(21)16(24)18(20)25;1-2;1-3-2/h5-8,12,16-19,24-25H,4,9-11H2,1-3H3;1-2H;3H,2H2,1H3/t16?,17?,18?,19?,20-,21-;;/m0../s1. The first-order valence-corrected chi connectivity index (χ1v) is 10.8. The number of terminal acetylenes is 1. The summed E-state index contributed by atoms with van der Waals surface area (Å²) in [7, 11) is 5.39. The molecule has 7 heteroatoms. The van der Waals surface area contributed by atoms with Crippen LogP contribution in [-0.2, 0) is 5.41 Å².